The van der Waals surface area contributed by atoms with Gasteiger partial charge in [-0.15, -0.1) is 0 Å². The van der Waals surface area contributed by atoms with Crippen LogP contribution in [0.4, 0.5) is 0 Å². The standard InChI is InChI=1S/C14H18N2O3/c1-14(18,6-7-19-2)10-16-13(17)12-5-3-4-11(8-12)9-15/h3-5,8,18H,6-7,10H2,1-2H3,(H,16,17). The van der Waals surface area contributed by atoms with Gasteiger partial charge in [0, 0.05) is 32.2 Å². The van der Waals surface area contributed by atoms with Crippen LogP contribution in [0.25, 0.3) is 0 Å². The number of carbonyl (C=O) groups excluding carboxylic acids is 1. The average Bonchev–Trinajstić information content (AvgIpc) is 2.43. The number of rotatable bonds is 6. The quantitative estimate of drug-likeness (QED) is 0.803. The lowest BCUT2D eigenvalue weighted by Crippen LogP contribution is -2.41. The molecule has 19 heavy (non-hydrogen) atoms. The largest absolute Gasteiger partial charge is 0.388 e. The first kappa shape index (κ1) is 15.2. The summed E-state index contributed by atoms with van der Waals surface area (Å²) in [6, 6.07) is 8.39. The van der Waals surface area contributed by atoms with Crippen molar-refractivity contribution in [2.24, 2.45) is 0 Å². The van der Waals surface area contributed by atoms with Gasteiger partial charge in [-0.25, -0.2) is 0 Å². The minimum atomic E-state index is -1.02. The Morgan fingerprint density at radius 2 is 2.32 bits per heavy atom. The number of nitriles is 1. The molecule has 5 heteroatoms. The van der Waals surface area contributed by atoms with Gasteiger partial charge in [0.05, 0.1) is 17.2 Å². The van der Waals surface area contributed by atoms with Crippen molar-refractivity contribution in [3.8, 4) is 6.07 Å². The van der Waals surface area contributed by atoms with Gasteiger partial charge in [-0.2, -0.15) is 5.26 Å². The van der Waals surface area contributed by atoms with Gasteiger partial charge < -0.3 is 15.2 Å². The molecule has 1 atom stereocenters. The third-order valence-electron chi connectivity index (χ3n) is 2.73. The second-order valence-corrected chi connectivity index (χ2v) is 4.62. The molecule has 1 unspecified atom stereocenters. The molecule has 2 N–H and O–H groups in total. The molecule has 0 saturated carbocycles. The summed E-state index contributed by atoms with van der Waals surface area (Å²) in [5.74, 6) is -0.310. The first-order chi connectivity index (χ1) is 8.98. The maximum Gasteiger partial charge on any atom is 0.251 e. The van der Waals surface area contributed by atoms with Gasteiger partial charge in [-0.1, -0.05) is 6.07 Å². The van der Waals surface area contributed by atoms with Crippen LogP contribution in [0.3, 0.4) is 0 Å². The molecule has 0 radical (unpaired) electrons. The number of nitrogens with zero attached hydrogens (tertiary/aromatic N) is 1. The maximum atomic E-state index is 11.9. The van der Waals surface area contributed by atoms with Crippen molar-refractivity contribution in [2.75, 3.05) is 20.3 Å². The van der Waals surface area contributed by atoms with Crippen molar-refractivity contribution >= 4 is 5.91 Å². The van der Waals surface area contributed by atoms with Gasteiger partial charge in [-0.05, 0) is 25.1 Å². The van der Waals surface area contributed by atoms with Gasteiger partial charge in [0.2, 0.25) is 0 Å². The number of aliphatic hydroxyl groups is 1. The summed E-state index contributed by atoms with van der Waals surface area (Å²) in [5.41, 5.74) is -0.182. The highest BCUT2D eigenvalue weighted by Gasteiger charge is 2.21. The van der Waals surface area contributed by atoms with E-state index in [1.807, 2.05) is 6.07 Å². The van der Waals surface area contributed by atoms with Gasteiger partial charge in [-0.3, -0.25) is 4.79 Å². The van der Waals surface area contributed by atoms with Crippen molar-refractivity contribution in [2.45, 2.75) is 18.9 Å². The summed E-state index contributed by atoms with van der Waals surface area (Å²) in [5, 5.41) is 21.4. The lowest BCUT2D eigenvalue weighted by Gasteiger charge is -2.23. The molecule has 0 saturated heterocycles. The topological polar surface area (TPSA) is 82.3 Å². The average molecular weight is 262 g/mol. The molecule has 0 heterocycles. The van der Waals surface area contributed by atoms with Crippen LogP contribution in [0.1, 0.15) is 29.3 Å². The number of hydrogen-bond donors (Lipinski definition) is 2. The van der Waals surface area contributed by atoms with Crippen LogP contribution in [0.2, 0.25) is 0 Å². The zero-order valence-electron chi connectivity index (χ0n) is 11.1. The Kier molecular flexibility index (Phi) is 5.49. The zero-order chi connectivity index (χ0) is 14.3. The molecule has 0 fully saturated rings. The highest BCUT2D eigenvalue weighted by atomic mass is 16.5. The molecule has 0 aromatic heterocycles. The molecule has 0 aliphatic heterocycles. The minimum absolute atomic E-state index is 0.131. The molecule has 1 aromatic carbocycles. The van der Waals surface area contributed by atoms with Crippen LogP contribution in [-0.2, 0) is 4.74 Å². The molecular weight excluding hydrogens is 244 g/mol. The molecule has 0 bridgehead atoms. The molecule has 0 aliphatic carbocycles. The summed E-state index contributed by atoms with van der Waals surface area (Å²) < 4.78 is 4.89. The Morgan fingerprint density at radius 3 is 2.95 bits per heavy atom. The number of hydrogen-bond acceptors (Lipinski definition) is 4. The lowest BCUT2D eigenvalue weighted by molar-refractivity contribution is 0.0243. The maximum absolute atomic E-state index is 11.9. The SMILES string of the molecule is COCCC(C)(O)CNC(=O)c1cccc(C#N)c1. The first-order valence-electron chi connectivity index (χ1n) is 5.98. The van der Waals surface area contributed by atoms with E-state index in [2.05, 4.69) is 5.32 Å². The van der Waals surface area contributed by atoms with Gasteiger partial charge in [0.15, 0.2) is 0 Å². The molecule has 102 valence electrons. The third kappa shape index (κ3) is 5.08. The van der Waals surface area contributed by atoms with Crippen molar-refractivity contribution in [3.05, 3.63) is 35.4 Å². The van der Waals surface area contributed by atoms with Crippen LogP contribution in [-0.4, -0.2) is 36.9 Å². The van der Waals surface area contributed by atoms with Crippen LogP contribution in [0.15, 0.2) is 24.3 Å². The van der Waals surface area contributed by atoms with Crippen molar-refractivity contribution in [1.29, 1.82) is 5.26 Å². The van der Waals surface area contributed by atoms with E-state index in [0.29, 0.717) is 24.2 Å². The summed E-state index contributed by atoms with van der Waals surface area (Å²) in [7, 11) is 1.56. The van der Waals surface area contributed by atoms with Gasteiger partial charge in [0.25, 0.3) is 5.91 Å². The summed E-state index contributed by atoms with van der Waals surface area (Å²) >= 11 is 0. The number of nitrogens with one attached hydrogen (secondary N) is 1. The summed E-state index contributed by atoms with van der Waals surface area (Å²) in [6.07, 6.45) is 0.433. The fraction of sp³-hybridized carbons (Fsp3) is 0.429. The fourth-order valence-electron chi connectivity index (χ4n) is 1.51. The Hall–Kier alpha value is -1.90. The van der Waals surface area contributed by atoms with E-state index in [9.17, 15) is 9.90 Å². The molecule has 1 rings (SSSR count). The van der Waals surface area contributed by atoms with E-state index in [0.717, 1.165) is 0 Å². The Morgan fingerprint density at radius 1 is 1.58 bits per heavy atom. The number of methoxy groups -OCH3 is 1. The Balaban J connectivity index is 2.58. The van der Waals surface area contributed by atoms with Crippen molar-refractivity contribution < 1.29 is 14.6 Å². The number of benzene rings is 1. The van der Waals surface area contributed by atoms with Crippen molar-refractivity contribution in [3.63, 3.8) is 0 Å². The van der Waals surface area contributed by atoms with E-state index < -0.39 is 5.60 Å². The number of ether oxygens (including phenoxy) is 1. The van der Waals surface area contributed by atoms with E-state index in [4.69, 9.17) is 10.00 Å². The van der Waals surface area contributed by atoms with Gasteiger partial charge >= 0.3 is 0 Å². The third-order valence-corrected chi connectivity index (χ3v) is 2.73. The second-order valence-electron chi connectivity index (χ2n) is 4.62. The van der Waals surface area contributed by atoms with Crippen molar-refractivity contribution in [1.82, 2.24) is 5.32 Å². The molecule has 1 aromatic rings. The van der Waals surface area contributed by atoms with E-state index in [1.54, 1.807) is 32.2 Å². The van der Waals surface area contributed by atoms with E-state index in [-0.39, 0.29) is 12.5 Å². The molecule has 5 nitrogen and oxygen atoms in total. The van der Waals surface area contributed by atoms with Crippen LogP contribution >= 0.6 is 0 Å². The second kappa shape index (κ2) is 6.88. The monoisotopic (exact) mass is 262 g/mol. The normalized spacial score (nSPS) is 13.4. The van der Waals surface area contributed by atoms with E-state index in [1.165, 1.54) is 6.07 Å². The van der Waals surface area contributed by atoms with Gasteiger partial charge in [0.1, 0.15) is 0 Å². The van der Waals surface area contributed by atoms with Crippen LogP contribution < -0.4 is 5.32 Å². The molecule has 1 amide bonds. The van der Waals surface area contributed by atoms with E-state index >= 15 is 0 Å². The zero-order valence-corrected chi connectivity index (χ0v) is 11.1. The fourth-order valence-corrected chi connectivity index (χ4v) is 1.51. The summed E-state index contributed by atoms with van der Waals surface area (Å²) in [4.78, 5) is 11.9. The predicted octanol–water partition coefficient (Wildman–Crippen LogP) is 1.08. The molecule has 0 aliphatic rings. The number of carbonyl (C=O) groups is 1. The summed E-state index contributed by atoms with van der Waals surface area (Å²) in [6.45, 7) is 2.19. The van der Waals surface area contributed by atoms with Crippen LogP contribution in [0.5, 0.6) is 0 Å². The molecule has 0 spiro atoms. The first-order valence-corrected chi connectivity index (χ1v) is 5.98. The lowest BCUT2D eigenvalue weighted by atomic mass is 10.0. The van der Waals surface area contributed by atoms with Crippen LogP contribution in [0, 0.1) is 11.3 Å². The number of amides is 1. The molecular formula is C14H18N2O3. The Labute approximate surface area is 112 Å². The highest BCUT2D eigenvalue weighted by molar-refractivity contribution is 5.94. The predicted molar refractivity (Wildman–Crippen MR) is 70.6 cm³/mol. The minimum Gasteiger partial charge on any atom is -0.388 e. The smallest absolute Gasteiger partial charge is 0.251 e. The Bertz CT molecular complexity index is 478. The highest BCUT2D eigenvalue weighted by Crippen LogP contribution is 2.09.